The van der Waals surface area contributed by atoms with Crippen molar-refractivity contribution in [3.63, 3.8) is 0 Å². The summed E-state index contributed by atoms with van der Waals surface area (Å²) in [6, 6.07) is 7.83. The molecule has 6 heteroatoms. The van der Waals surface area contributed by atoms with Gasteiger partial charge in [0.2, 0.25) is 0 Å². The van der Waals surface area contributed by atoms with E-state index in [2.05, 4.69) is 29.3 Å². The minimum atomic E-state index is 0.123. The molecule has 0 fully saturated rings. The van der Waals surface area contributed by atoms with Crippen LogP contribution in [0.4, 0.5) is 0 Å². The number of hydrogen-bond acceptors (Lipinski definition) is 5. The summed E-state index contributed by atoms with van der Waals surface area (Å²) in [6.45, 7) is 4.94. The van der Waals surface area contributed by atoms with Gasteiger partial charge in [-0.2, -0.15) is 0 Å². The van der Waals surface area contributed by atoms with Crippen molar-refractivity contribution in [3.8, 4) is 0 Å². The van der Waals surface area contributed by atoms with Gasteiger partial charge in [-0.3, -0.25) is 0 Å². The zero-order chi connectivity index (χ0) is 15.2. The Labute approximate surface area is 128 Å². The third kappa shape index (κ3) is 4.03. The lowest BCUT2D eigenvalue weighted by molar-refractivity contribution is 0.318. The van der Waals surface area contributed by atoms with Crippen molar-refractivity contribution in [2.24, 2.45) is 10.9 Å². The molecule has 0 spiro atoms. The summed E-state index contributed by atoms with van der Waals surface area (Å²) in [6.07, 6.45) is 2.96. The Kier molecular flexibility index (Phi) is 5.30. The monoisotopic (exact) mass is 304 g/mol. The lowest BCUT2D eigenvalue weighted by Crippen LogP contribution is -2.19. The molecule has 1 aromatic heterocycles. The van der Waals surface area contributed by atoms with E-state index in [9.17, 15) is 0 Å². The van der Waals surface area contributed by atoms with E-state index in [0.717, 1.165) is 17.0 Å². The van der Waals surface area contributed by atoms with Crippen molar-refractivity contribution in [3.05, 3.63) is 51.5 Å². The third-order valence-corrected chi connectivity index (χ3v) is 4.56. The molecule has 5 nitrogen and oxygen atoms in total. The third-order valence-electron chi connectivity index (χ3n) is 3.23. The Morgan fingerprint density at radius 2 is 2.33 bits per heavy atom. The van der Waals surface area contributed by atoms with E-state index in [1.807, 2.05) is 30.5 Å². The van der Waals surface area contributed by atoms with E-state index in [1.165, 1.54) is 4.88 Å². The molecule has 2 aromatic rings. The van der Waals surface area contributed by atoms with Crippen LogP contribution in [0.1, 0.15) is 40.9 Å². The van der Waals surface area contributed by atoms with Crippen molar-refractivity contribution >= 4 is 17.2 Å². The first kappa shape index (κ1) is 15.5. The van der Waals surface area contributed by atoms with E-state index in [0.29, 0.717) is 12.1 Å². The number of hydrogen-bond donors (Lipinski definition) is 3. The molecule has 1 heterocycles. The predicted molar refractivity (Wildman–Crippen MR) is 85.7 cm³/mol. The summed E-state index contributed by atoms with van der Waals surface area (Å²) < 4.78 is 0. The summed E-state index contributed by atoms with van der Waals surface area (Å²) in [4.78, 5) is 5.74. The fourth-order valence-electron chi connectivity index (χ4n) is 1.94. The van der Waals surface area contributed by atoms with Gasteiger partial charge in [0.25, 0.3) is 0 Å². The number of thiazole rings is 1. The fourth-order valence-corrected chi connectivity index (χ4v) is 2.83. The fraction of sp³-hybridized carbons (Fsp3) is 0.333. The summed E-state index contributed by atoms with van der Waals surface area (Å²) in [5.41, 5.74) is 7.40. The van der Waals surface area contributed by atoms with Gasteiger partial charge in [0.15, 0.2) is 5.84 Å². The second-order valence-electron chi connectivity index (χ2n) is 4.81. The average Bonchev–Trinajstić information content (AvgIpc) is 3.01. The molecule has 0 amide bonds. The molecule has 1 unspecified atom stereocenters. The van der Waals surface area contributed by atoms with Crippen LogP contribution >= 0.6 is 11.3 Å². The van der Waals surface area contributed by atoms with Crippen LogP contribution in [0.3, 0.4) is 0 Å². The Morgan fingerprint density at radius 3 is 3.00 bits per heavy atom. The Bertz CT molecular complexity index is 624. The molecular formula is C15H20N4OS. The highest BCUT2D eigenvalue weighted by Crippen LogP contribution is 2.20. The number of nitrogens with zero attached hydrogens (tertiary/aromatic N) is 2. The highest BCUT2D eigenvalue weighted by Gasteiger charge is 2.10. The number of oxime groups is 1. The predicted octanol–water partition coefficient (Wildman–Crippen LogP) is 2.65. The molecule has 0 aliphatic carbocycles. The largest absolute Gasteiger partial charge is 0.409 e. The SMILES string of the molecule is CCc1cnc(C(C)NCc2cccc(/C(N)=N/O)c2)s1. The van der Waals surface area contributed by atoms with E-state index in [-0.39, 0.29) is 11.9 Å². The molecule has 1 aromatic carbocycles. The number of nitrogens with two attached hydrogens (primary N) is 1. The van der Waals surface area contributed by atoms with Gasteiger partial charge in [0.1, 0.15) is 5.01 Å². The average molecular weight is 304 g/mol. The maximum atomic E-state index is 8.71. The standard InChI is InChI=1S/C15H20N4OS/c1-3-13-9-18-15(21-13)10(2)17-8-11-5-4-6-12(7-11)14(16)19-20/h4-7,9-10,17,20H,3,8H2,1-2H3,(H2,16,19). The maximum absolute atomic E-state index is 8.71. The summed E-state index contributed by atoms with van der Waals surface area (Å²) in [5, 5.41) is 16.3. The van der Waals surface area contributed by atoms with Crippen LogP contribution in [0.15, 0.2) is 35.6 Å². The van der Waals surface area contributed by atoms with Crippen LogP contribution < -0.4 is 11.1 Å². The summed E-state index contributed by atoms with van der Waals surface area (Å²) >= 11 is 1.74. The highest BCUT2D eigenvalue weighted by molar-refractivity contribution is 7.11. The van der Waals surface area contributed by atoms with Crippen LogP contribution in [0.5, 0.6) is 0 Å². The minimum absolute atomic E-state index is 0.123. The zero-order valence-corrected chi connectivity index (χ0v) is 13.0. The van der Waals surface area contributed by atoms with Crippen molar-refractivity contribution in [1.82, 2.24) is 10.3 Å². The second kappa shape index (κ2) is 7.19. The van der Waals surface area contributed by atoms with Crippen molar-refractivity contribution in [2.45, 2.75) is 32.9 Å². The van der Waals surface area contributed by atoms with Gasteiger partial charge in [-0.05, 0) is 25.0 Å². The maximum Gasteiger partial charge on any atom is 0.170 e. The quantitative estimate of drug-likeness (QED) is 0.331. The first-order valence-electron chi connectivity index (χ1n) is 6.88. The number of aryl methyl sites for hydroxylation is 1. The molecule has 2 rings (SSSR count). The van der Waals surface area contributed by atoms with E-state index >= 15 is 0 Å². The van der Waals surface area contributed by atoms with E-state index < -0.39 is 0 Å². The van der Waals surface area contributed by atoms with Crippen LogP contribution in [0, 0.1) is 0 Å². The summed E-state index contributed by atoms with van der Waals surface area (Å²) in [5.74, 6) is 0.123. The molecular weight excluding hydrogens is 284 g/mol. The minimum Gasteiger partial charge on any atom is -0.409 e. The smallest absolute Gasteiger partial charge is 0.170 e. The molecule has 0 aliphatic rings. The van der Waals surface area contributed by atoms with Crippen molar-refractivity contribution < 1.29 is 5.21 Å². The molecule has 0 radical (unpaired) electrons. The first-order chi connectivity index (χ1) is 10.1. The second-order valence-corrected chi connectivity index (χ2v) is 5.95. The number of benzene rings is 1. The van der Waals surface area contributed by atoms with Crippen molar-refractivity contribution in [1.29, 1.82) is 0 Å². The first-order valence-corrected chi connectivity index (χ1v) is 7.70. The van der Waals surface area contributed by atoms with Gasteiger partial charge >= 0.3 is 0 Å². The van der Waals surface area contributed by atoms with E-state index in [4.69, 9.17) is 10.9 Å². The van der Waals surface area contributed by atoms with Crippen LogP contribution in [-0.2, 0) is 13.0 Å². The van der Waals surface area contributed by atoms with Gasteiger partial charge in [0.05, 0.1) is 6.04 Å². The van der Waals surface area contributed by atoms with Crippen molar-refractivity contribution in [2.75, 3.05) is 0 Å². The number of aromatic nitrogens is 1. The molecule has 0 saturated carbocycles. The molecule has 112 valence electrons. The van der Waals surface area contributed by atoms with Gasteiger partial charge in [-0.1, -0.05) is 30.3 Å². The molecule has 0 bridgehead atoms. The zero-order valence-electron chi connectivity index (χ0n) is 12.2. The topological polar surface area (TPSA) is 83.5 Å². The molecule has 21 heavy (non-hydrogen) atoms. The van der Waals surface area contributed by atoms with Gasteiger partial charge in [0, 0.05) is 23.2 Å². The van der Waals surface area contributed by atoms with Crippen LogP contribution in [0.25, 0.3) is 0 Å². The van der Waals surface area contributed by atoms with Crippen LogP contribution in [0.2, 0.25) is 0 Å². The Balaban J connectivity index is 1.99. The Hall–Kier alpha value is -1.92. The lowest BCUT2D eigenvalue weighted by atomic mass is 10.1. The van der Waals surface area contributed by atoms with E-state index in [1.54, 1.807) is 11.3 Å². The number of nitrogens with one attached hydrogen (secondary N) is 1. The molecule has 4 N–H and O–H groups in total. The number of amidine groups is 1. The van der Waals surface area contributed by atoms with Gasteiger partial charge < -0.3 is 16.3 Å². The molecule has 0 aliphatic heterocycles. The normalized spacial score (nSPS) is 13.3. The molecule has 1 atom stereocenters. The van der Waals surface area contributed by atoms with Crippen LogP contribution in [-0.4, -0.2) is 16.0 Å². The lowest BCUT2D eigenvalue weighted by Gasteiger charge is -2.11. The number of rotatable bonds is 6. The van der Waals surface area contributed by atoms with Gasteiger partial charge in [-0.25, -0.2) is 4.98 Å². The highest BCUT2D eigenvalue weighted by atomic mass is 32.1. The summed E-state index contributed by atoms with van der Waals surface area (Å²) in [7, 11) is 0. The Morgan fingerprint density at radius 1 is 1.52 bits per heavy atom. The van der Waals surface area contributed by atoms with Gasteiger partial charge in [-0.15, -0.1) is 11.3 Å². The molecule has 0 saturated heterocycles.